The molecule has 1 unspecified atom stereocenters. The fourth-order valence-electron chi connectivity index (χ4n) is 2.28. The second kappa shape index (κ2) is 6.20. The van der Waals surface area contributed by atoms with Crippen molar-refractivity contribution in [2.24, 2.45) is 5.92 Å². The number of carbonyl (C=O) groups is 1. The Morgan fingerprint density at radius 2 is 2.11 bits per heavy atom. The van der Waals surface area contributed by atoms with Gasteiger partial charge in [-0.3, -0.25) is 9.69 Å². The van der Waals surface area contributed by atoms with Gasteiger partial charge in [-0.15, -0.1) is 0 Å². The number of ketones is 1. The number of hydrogen-bond donors (Lipinski definition) is 0. The van der Waals surface area contributed by atoms with Gasteiger partial charge in [0, 0.05) is 12.0 Å². The van der Waals surface area contributed by atoms with E-state index in [0.717, 1.165) is 25.0 Å². The lowest BCUT2D eigenvalue weighted by Crippen LogP contribution is -2.35. The Morgan fingerprint density at radius 3 is 2.74 bits per heavy atom. The molecular formula is C16H23NO2. The largest absolute Gasteiger partial charge is 0.496 e. The topological polar surface area (TPSA) is 29.5 Å². The molecule has 19 heavy (non-hydrogen) atoms. The first kappa shape index (κ1) is 14.1. The highest BCUT2D eigenvalue weighted by molar-refractivity contribution is 5.84. The van der Waals surface area contributed by atoms with Crippen LogP contribution in [0.3, 0.4) is 0 Å². The lowest BCUT2D eigenvalue weighted by molar-refractivity contribution is -0.121. The molecule has 1 fully saturated rings. The summed E-state index contributed by atoms with van der Waals surface area (Å²) in [6.07, 6.45) is 3.08. The number of methoxy groups -OCH3 is 1. The third-order valence-corrected chi connectivity index (χ3v) is 3.90. The first-order valence-corrected chi connectivity index (χ1v) is 6.96. The molecule has 0 N–H and O–H groups in total. The van der Waals surface area contributed by atoms with Crippen LogP contribution in [0.15, 0.2) is 24.3 Å². The highest BCUT2D eigenvalue weighted by Gasteiger charge is 2.30. The fraction of sp³-hybridized carbons (Fsp3) is 0.562. The summed E-state index contributed by atoms with van der Waals surface area (Å²) < 4.78 is 5.37. The minimum Gasteiger partial charge on any atom is -0.496 e. The molecule has 0 amide bonds. The van der Waals surface area contributed by atoms with Crippen LogP contribution in [0.5, 0.6) is 5.75 Å². The van der Waals surface area contributed by atoms with Crippen LogP contribution < -0.4 is 4.74 Å². The highest BCUT2D eigenvalue weighted by atomic mass is 16.5. The maximum absolute atomic E-state index is 11.8. The van der Waals surface area contributed by atoms with Crippen molar-refractivity contribution in [2.75, 3.05) is 20.7 Å². The molecule has 0 heterocycles. The van der Waals surface area contributed by atoms with E-state index in [-0.39, 0.29) is 0 Å². The van der Waals surface area contributed by atoms with E-state index >= 15 is 0 Å². The van der Waals surface area contributed by atoms with Crippen molar-refractivity contribution in [2.45, 2.75) is 32.2 Å². The van der Waals surface area contributed by atoms with Crippen LogP contribution in [0.1, 0.15) is 25.3 Å². The molecule has 1 atom stereocenters. The summed E-state index contributed by atoms with van der Waals surface area (Å²) in [7, 11) is 3.73. The van der Waals surface area contributed by atoms with Gasteiger partial charge in [0.2, 0.25) is 0 Å². The van der Waals surface area contributed by atoms with Gasteiger partial charge in [0.15, 0.2) is 0 Å². The molecule has 2 rings (SSSR count). The summed E-state index contributed by atoms with van der Waals surface area (Å²) in [4.78, 5) is 14.0. The van der Waals surface area contributed by atoms with Crippen LogP contribution in [0.4, 0.5) is 0 Å². The number of benzene rings is 1. The smallest absolute Gasteiger partial charge is 0.149 e. The number of para-hydroxylation sites is 1. The Kier molecular flexibility index (Phi) is 4.59. The maximum atomic E-state index is 11.8. The summed E-state index contributed by atoms with van der Waals surface area (Å²) >= 11 is 0. The molecule has 0 bridgehead atoms. The van der Waals surface area contributed by atoms with Gasteiger partial charge in [0.25, 0.3) is 0 Å². The van der Waals surface area contributed by atoms with E-state index in [9.17, 15) is 4.79 Å². The molecule has 1 saturated carbocycles. The number of Topliss-reactive ketones (excluding diaryl/α,β-unsaturated/α-hetero) is 1. The van der Waals surface area contributed by atoms with Crippen LogP contribution >= 0.6 is 0 Å². The van der Waals surface area contributed by atoms with Crippen LogP contribution in [0.25, 0.3) is 0 Å². The van der Waals surface area contributed by atoms with Crippen LogP contribution in [-0.2, 0) is 11.2 Å². The quantitative estimate of drug-likeness (QED) is 0.755. The van der Waals surface area contributed by atoms with Gasteiger partial charge < -0.3 is 4.74 Å². The normalized spacial score (nSPS) is 16.4. The zero-order chi connectivity index (χ0) is 13.8. The van der Waals surface area contributed by atoms with Gasteiger partial charge in [-0.05, 0) is 44.9 Å². The predicted octanol–water partition coefficient (Wildman–Crippen LogP) is 2.54. The van der Waals surface area contributed by atoms with E-state index < -0.39 is 0 Å². The molecule has 0 saturated heterocycles. The lowest BCUT2D eigenvalue weighted by atomic mass is 10.0. The second-order valence-electron chi connectivity index (χ2n) is 5.52. The number of nitrogens with zero attached hydrogens (tertiary/aromatic N) is 1. The third-order valence-electron chi connectivity index (χ3n) is 3.90. The molecule has 3 heteroatoms. The molecular weight excluding hydrogens is 238 g/mol. The number of rotatable bonds is 7. The molecule has 0 aliphatic heterocycles. The minimum absolute atomic E-state index is 0.332. The van der Waals surface area contributed by atoms with Gasteiger partial charge in [-0.2, -0.15) is 0 Å². The Bertz CT molecular complexity index is 440. The van der Waals surface area contributed by atoms with Crippen LogP contribution in [0, 0.1) is 5.92 Å². The van der Waals surface area contributed by atoms with Gasteiger partial charge >= 0.3 is 0 Å². The Morgan fingerprint density at radius 1 is 1.42 bits per heavy atom. The predicted molar refractivity (Wildman–Crippen MR) is 76.5 cm³/mol. The monoisotopic (exact) mass is 261 g/mol. The first-order chi connectivity index (χ1) is 9.11. The first-order valence-electron chi connectivity index (χ1n) is 6.96. The summed E-state index contributed by atoms with van der Waals surface area (Å²) in [6.45, 7) is 2.73. The average Bonchev–Trinajstić information content (AvgIpc) is 3.23. The van der Waals surface area contributed by atoms with Crippen molar-refractivity contribution in [1.29, 1.82) is 0 Å². The minimum atomic E-state index is 0.332. The molecule has 104 valence electrons. The number of likely N-dealkylation sites (N-methyl/N-ethyl adjacent to an activating group) is 1. The molecule has 0 spiro atoms. The van der Waals surface area contributed by atoms with Crippen LogP contribution in [-0.4, -0.2) is 37.4 Å². The van der Waals surface area contributed by atoms with E-state index in [2.05, 4.69) is 17.9 Å². The van der Waals surface area contributed by atoms with Gasteiger partial charge in [-0.1, -0.05) is 18.2 Å². The molecule has 1 aromatic carbocycles. The SMILES string of the molecule is COc1ccccc1CC(C)N(C)CC(=O)C1CC1. The molecule has 0 radical (unpaired) electrons. The highest BCUT2D eigenvalue weighted by Crippen LogP contribution is 2.30. The van der Waals surface area contributed by atoms with E-state index in [4.69, 9.17) is 4.74 Å². The second-order valence-corrected chi connectivity index (χ2v) is 5.52. The summed E-state index contributed by atoms with van der Waals surface area (Å²) in [5.41, 5.74) is 1.20. The van der Waals surface area contributed by atoms with Crippen molar-refractivity contribution in [3.63, 3.8) is 0 Å². The van der Waals surface area contributed by atoms with Gasteiger partial charge in [0.1, 0.15) is 11.5 Å². The molecule has 1 aliphatic rings. The fourth-order valence-corrected chi connectivity index (χ4v) is 2.28. The van der Waals surface area contributed by atoms with E-state index in [1.807, 2.05) is 25.2 Å². The lowest BCUT2D eigenvalue weighted by Gasteiger charge is -2.24. The van der Waals surface area contributed by atoms with Crippen molar-refractivity contribution >= 4 is 5.78 Å². The standard InChI is InChI=1S/C16H23NO2/c1-12(17(2)11-15(18)13-8-9-13)10-14-6-4-5-7-16(14)19-3/h4-7,12-13H,8-11H2,1-3H3. The molecule has 1 aliphatic carbocycles. The number of ether oxygens (including phenoxy) is 1. The Labute approximate surface area is 115 Å². The van der Waals surface area contributed by atoms with Gasteiger partial charge in [0.05, 0.1) is 13.7 Å². The summed E-state index contributed by atoms with van der Waals surface area (Å²) in [6, 6.07) is 8.41. The number of hydrogen-bond acceptors (Lipinski definition) is 3. The van der Waals surface area contributed by atoms with Crippen molar-refractivity contribution < 1.29 is 9.53 Å². The molecule has 1 aromatic rings. The zero-order valence-electron chi connectivity index (χ0n) is 12.1. The van der Waals surface area contributed by atoms with Crippen LogP contribution in [0.2, 0.25) is 0 Å². The number of carbonyl (C=O) groups excluding carboxylic acids is 1. The van der Waals surface area contributed by atoms with E-state index in [1.165, 1.54) is 5.56 Å². The van der Waals surface area contributed by atoms with E-state index in [1.54, 1.807) is 7.11 Å². The van der Waals surface area contributed by atoms with Gasteiger partial charge in [-0.25, -0.2) is 0 Å². The Balaban J connectivity index is 1.91. The average molecular weight is 261 g/mol. The summed E-state index contributed by atoms with van der Waals surface area (Å²) in [5, 5.41) is 0. The van der Waals surface area contributed by atoms with Crippen molar-refractivity contribution in [3.05, 3.63) is 29.8 Å². The summed E-state index contributed by atoms with van der Waals surface area (Å²) in [5.74, 6) is 1.67. The van der Waals surface area contributed by atoms with E-state index in [0.29, 0.717) is 24.3 Å². The molecule has 3 nitrogen and oxygen atoms in total. The van der Waals surface area contributed by atoms with Crippen molar-refractivity contribution in [1.82, 2.24) is 4.90 Å². The maximum Gasteiger partial charge on any atom is 0.149 e. The van der Waals surface area contributed by atoms with Crippen molar-refractivity contribution in [3.8, 4) is 5.75 Å². The molecule has 0 aromatic heterocycles. The zero-order valence-corrected chi connectivity index (χ0v) is 12.1. The third kappa shape index (κ3) is 3.80. The Hall–Kier alpha value is -1.35.